The molecule has 1 heterocycles. The predicted octanol–water partition coefficient (Wildman–Crippen LogP) is 0.652. The zero-order valence-corrected chi connectivity index (χ0v) is 16.7. The summed E-state index contributed by atoms with van der Waals surface area (Å²) in [5.41, 5.74) is 0.529. The Balaban J connectivity index is 1.73. The topological polar surface area (TPSA) is 131 Å². The maximum Gasteiger partial charge on any atom is 0.338 e. The number of ether oxygens (including phenoxy) is 3. The molecule has 0 saturated carbocycles. The molecule has 2 aromatic rings. The van der Waals surface area contributed by atoms with E-state index in [2.05, 4.69) is 5.32 Å². The molecule has 1 saturated heterocycles. The number of hydrogen-bond acceptors (Lipinski definition) is 8. The standard InChI is InChI=1S/C22H23NO8/c1-13(24)23-17-19(31-21(27)15-10-6-3-7-11-15)18(25)16(30-22(17)28)12-29-20(26)14-8-4-2-5-9-14/h2-11,16-19,22,25,28H,12H2,1H3,(H,23,24)/t16-,17-,18+,19-,22+/m0/s1. The van der Waals surface area contributed by atoms with Gasteiger partial charge >= 0.3 is 11.9 Å². The molecule has 3 rings (SSSR count). The molecule has 0 unspecified atom stereocenters. The third kappa shape index (κ3) is 5.66. The lowest BCUT2D eigenvalue weighted by atomic mass is 9.96. The van der Waals surface area contributed by atoms with Crippen molar-refractivity contribution in [1.29, 1.82) is 0 Å². The quantitative estimate of drug-likeness (QED) is 0.571. The summed E-state index contributed by atoms with van der Waals surface area (Å²) >= 11 is 0. The van der Waals surface area contributed by atoms with Crippen LogP contribution in [0.4, 0.5) is 0 Å². The molecule has 0 radical (unpaired) electrons. The Labute approximate surface area is 178 Å². The summed E-state index contributed by atoms with van der Waals surface area (Å²) < 4.78 is 15.9. The van der Waals surface area contributed by atoms with Gasteiger partial charge in [0.15, 0.2) is 12.4 Å². The molecule has 0 aromatic heterocycles. The summed E-state index contributed by atoms with van der Waals surface area (Å²) in [7, 11) is 0. The average Bonchev–Trinajstić information content (AvgIpc) is 2.78. The van der Waals surface area contributed by atoms with E-state index in [1.54, 1.807) is 48.5 Å². The average molecular weight is 429 g/mol. The van der Waals surface area contributed by atoms with Gasteiger partial charge in [-0.25, -0.2) is 9.59 Å². The summed E-state index contributed by atoms with van der Waals surface area (Å²) in [6, 6.07) is 15.0. The Morgan fingerprint density at radius 3 is 2.03 bits per heavy atom. The van der Waals surface area contributed by atoms with Crippen molar-refractivity contribution in [2.75, 3.05) is 6.61 Å². The monoisotopic (exact) mass is 429 g/mol. The normalized spacial score (nSPS) is 25.3. The van der Waals surface area contributed by atoms with Crippen LogP contribution < -0.4 is 5.32 Å². The Morgan fingerprint density at radius 1 is 0.935 bits per heavy atom. The molecule has 1 amide bonds. The van der Waals surface area contributed by atoms with Crippen molar-refractivity contribution in [3.63, 3.8) is 0 Å². The predicted molar refractivity (Wildman–Crippen MR) is 107 cm³/mol. The fraction of sp³-hybridized carbons (Fsp3) is 0.318. The fourth-order valence-corrected chi connectivity index (χ4v) is 3.18. The molecular formula is C22H23NO8. The lowest BCUT2D eigenvalue weighted by molar-refractivity contribution is -0.253. The van der Waals surface area contributed by atoms with Gasteiger partial charge in [0.2, 0.25) is 5.91 Å². The molecule has 2 aromatic carbocycles. The van der Waals surface area contributed by atoms with Crippen LogP contribution in [0.5, 0.6) is 0 Å². The van der Waals surface area contributed by atoms with E-state index < -0.39 is 55.1 Å². The van der Waals surface area contributed by atoms with Crippen LogP contribution in [0.15, 0.2) is 60.7 Å². The highest BCUT2D eigenvalue weighted by molar-refractivity contribution is 5.90. The molecule has 1 aliphatic heterocycles. The third-order valence-corrected chi connectivity index (χ3v) is 4.70. The highest BCUT2D eigenvalue weighted by Gasteiger charge is 2.48. The molecule has 9 nitrogen and oxygen atoms in total. The van der Waals surface area contributed by atoms with Crippen molar-refractivity contribution in [2.45, 2.75) is 37.6 Å². The summed E-state index contributed by atoms with van der Waals surface area (Å²) in [5, 5.41) is 23.5. The van der Waals surface area contributed by atoms with Crippen LogP contribution in [0.3, 0.4) is 0 Å². The number of esters is 2. The molecule has 0 bridgehead atoms. The lowest BCUT2D eigenvalue weighted by Gasteiger charge is -2.42. The Hall–Kier alpha value is -3.27. The smallest absolute Gasteiger partial charge is 0.338 e. The minimum atomic E-state index is -1.61. The number of aliphatic hydroxyl groups excluding tert-OH is 2. The van der Waals surface area contributed by atoms with E-state index in [1.165, 1.54) is 19.1 Å². The lowest BCUT2D eigenvalue weighted by Crippen LogP contribution is -2.65. The Kier molecular flexibility index (Phi) is 7.35. The number of aliphatic hydroxyl groups is 2. The van der Waals surface area contributed by atoms with Gasteiger partial charge in [0.25, 0.3) is 0 Å². The summed E-state index contributed by atoms with van der Waals surface area (Å²) in [6.45, 7) is 0.807. The van der Waals surface area contributed by atoms with Gasteiger partial charge in [-0.05, 0) is 24.3 Å². The van der Waals surface area contributed by atoms with Gasteiger partial charge in [-0.1, -0.05) is 36.4 Å². The van der Waals surface area contributed by atoms with Gasteiger partial charge in [-0.3, -0.25) is 4.79 Å². The van der Waals surface area contributed by atoms with Crippen molar-refractivity contribution < 1.29 is 38.8 Å². The van der Waals surface area contributed by atoms with E-state index in [0.29, 0.717) is 5.56 Å². The highest BCUT2D eigenvalue weighted by atomic mass is 16.6. The van der Waals surface area contributed by atoms with Crippen molar-refractivity contribution in [3.05, 3.63) is 71.8 Å². The number of benzene rings is 2. The van der Waals surface area contributed by atoms with Crippen LogP contribution in [0.2, 0.25) is 0 Å². The third-order valence-electron chi connectivity index (χ3n) is 4.70. The van der Waals surface area contributed by atoms with Gasteiger partial charge < -0.3 is 29.7 Å². The number of carbonyl (C=O) groups excluding carboxylic acids is 3. The fourth-order valence-electron chi connectivity index (χ4n) is 3.18. The second kappa shape index (κ2) is 10.2. The Bertz CT molecular complexity index is 904. The maximum atomic E-state index is 12.5. The minimum absolute atomic E-state index is 0.226. The van der Waals surface area contributed by atoms with Crippen LogP contribution in [-0.4, -0.2) is 65.3 Å². The molecule has 5 atom stereocenters. The van der Waals surface area contributed by atoms with Gasteiger partial charge in [-0.2, -0.15) is 0 Å². The van der Waals surface area contributed by atoms with E-state index in [4.69, 9.17) is 14.2 Å². The number of amides is 1. The van der Waals surface area contributed by atoms with E-state index >= 15 is 0 Å². The minimum Gasteiger partial charge on any atom is -0.459 e. The first-order valence-corrected chi connectivity index (χ1v) is 9.63. The van der Waals surface area contributed by atoms with E-state index in [9.17, 15) is 24.6 Å². The second-order valence-corrected chi connectivity index (χ2v) is 6.98. The van der Waals surface area contributed by atoms with Crippen LogP contribution in [0.1, 0.15) is 27.6 Å². The van der Waals surface area contributed by atoms with Gasteiger partial charge in [0.1, 0.15) is 24.9 Å². The van der Waals surface area contributed by atoms with E-state index in [-0.39, 0.29) is 5.56 Å². The van der Waals surface area contributed by atoms with Crippen LogP contribution in [-0.2, 0) is 19.0 Å². The first kappa shape index (κ1) is 22.4. The number of rotatable bonds is 6. The molecule has 3 N–H and O–H groups in total. The molecular weight excluding hydrogens is 406 g/mol. The second-order valence-electron chi connectivity index (χ2n) is 6.98. The number of carbonyl (C=O) groups is 3. The molecule has 0 spiro atoms. The van der Waals surface area contributed by atoms with Gasteiger partial charge in [0, 0.05) is 6.92 Å². The molecule has 164 valence electrons. The van der Waals surface area contributed by atoms with Gasteiger partial charge in [-0.15, -0.1) is 0 Å². The molecule has 0 aliphatic carbocycles. The number of nitrogens with one attached hydrogen (secondary N) is 1. The van der Waals surface area contributed by atoms with Gasteiger partial charge in [0.05, 0.1) is 11.1 Å². The zero-order valence-electron chi connectivity index (χ0n) is 16.7. The number of hydrogen-bond donors (Lipinski definition) is 3. The van der Waals surface area contributed by atoms with Crippen molar-refractivity contribution in [1.82, 2.24) is 5.32 Å². The largest absolute Gasteiger partial charge is 0.459 e. The highest BCUT2D eigenvalue weighted by Crippen LogP contribution is 2.24. The van der Waals surface area contributed by atoms with Crippen molar-refractivity contribution >= 4 is 17.8 Å². The van der Waals surface area contributed by atoms with E-state index in [0.717, 1.165) is 0 Å². The molecule has 1 aliphatic rings. The summed E-state index contributed by atoms with van der Waals surface area (Å²) in [5.74, 6) is -1.92. The van der Waals surface area contributed by atoms with E-state index in [1.807, 2.05) is 0 Å². The first-order valence-electron chi connectivity index (χ1n) is 9.63. The summed E-state index contributed by atoms with van der Waals surface area (Å²) in [6.07, 6.45) is -5.64. The first-order chi connectivity index (χ1) is 14.9. The summed E-state index contributed by atoms with van der Waals surface area (Å²) in [4.78, 5) is 36.2. The molecule has 9 heteroatoms. The molecule has 31 heavy (non-hydrogen) atoms. The maximum absolute atomic E-state index is 12.5. The van der Waals surface area contributed by atoms with Crippen LogP contribution in [0, 0.1) is 0 Å². The van der Waals surface area contributed by atoms with Crippen molar-refractivity contribution in [2.24, 2.45) is 0 Å². The van der Waals surface area contributed by atoms with Crippen LogP contribution >= 0.6 is 0 Å². The van der Waals surface area contributed by atoms with Crippen molar-refractivity contribution in [3.8, 4) is 0 Å². The molecule has 1 fully saturated rings. The SMILES string of the molecule is CC(=O)N[C@H]1[C@H](OC(=O)c2ccccc2)[C@H](O)[C@H](COC(=O)c2ccccc2)O[C@H]1O. The van der Waals surface area contributed by atoms with Crippen LogP contribution in [0.25, 0.3) is 0 Å². The Morgan fingerprint density at radius 2 is 1.48 bits per heavy atom. The zero-order chi connectivity index (χ0) is 22.4.